The number of hydrogen-bond acceptors (Lipinski definition) is 7. The second kappa shape index (κ2) is 7.20. The Labute approximate surface area is 148 Å². The standard InChI is InChI=1S/C17H17NO6S/c1-3-14-10(2)4-15(25-14)17(19)23-8-12-6-13(18(20)21)5-11-7-22-9-24-16(11)12/h4-6H,3,7-9H2,1-2H3. The molecule has 1 aliphatic rings. The number of ether oxygens (including phenoxy) is 3. The summed E-state index contributed by atoms with van der Waals surface area (Å²) in [6, 6.07) is 4.59. The van der Waals surface area contributed by atoms with Crippen LogP contribution in [0.15, 0.2) is 18.2 Å². The van der Waals surface area contributed by atoms with E-state index in [2.05, 4.69) is 0 Å². The quantitative estimate of drug-likeness (QED) is 0.457. The molecule has 8 heteroatoms. The number of aryl methyl sites for hydroxylation is 2. The van der Waals surface area contributed by atoms with Crippen molar-refractivity contribution >= 4 is 23.0 Å². The van der Waals surface area contributed by atoms with Crippen LogP contribution < -0.4 is 4.74 Å². The van der Waals surface area contributed by atoms with E-state index in [1.165, 1.54) is 23.5 Å². The fourth-order valence-corrected chi connectivity index (χ4v) is 3.69. The molecule has 0 aliphatic carbocycles. The Morgan fingerprint density at radius 1 is 1.40 bits per heavy atom. The highest BCUT2D eigenvalue weighted by molar-refractivity contribution is 7.14. The molecular weight excluding hydrogens is 346 g/mol. The summed E-state index contributed by atoms with van der Waals surface area (Å²) in [6.45, 7) is 4.18. The average molecular weight is 363 g/mol. The first-order chi connectivity index (χ1) is 12.0. The number of thiophene rings is 1. The summed E-state index contributed by atoms with van der Waals surface area (Å²) < 4.78 is 15.9. The maximum absolute atomic E-state index is 12.3. The smallest absolute Gasteiger partial charge is 0.348 e. The molecule has 0 saturated carbocycles. The van der Waals surface area contributed by atoms with E-state index in [0.717, 1.165) is 16.9 Å². The average Bonchev–Trinajstić information content (AvgIpc) is 3.00. The van der Waals surface area contributed by atoms with E-state index >= 15 is 0 Å². The Morgan fingerprint density at radius 3 is 2.88 bits per heavy atom. The van der Waals surface area contributed by atoms with Crippen LogP contribution in [0, 0.1) is 17.0 Å². The van der Waals surface area contributed by atoms with Gasteiger partial charge in [0.25, 0.3) is 5.69 Å². The fourth-order valence-electron chi connectivity index (χ4n) is 2.68. The highest BCUT2D eigenvalue weighted by Crippen LogP contribution is 2.33. The molecule has 0 unspecified atom stereocenters. The van der Waals surface area contributed by atoms with E-state index in [4.69, 9.17) is 14.2 Å². The molecule has 7 nitrogen and oxygen atoms in total. The van der Waals surface area contributed by atoms with Gasteiger partial charge in [0.15, 0.2) is 6.79 Å². The van der Waals surface area contributed by atoms with Crippen molar-refractivity contribution in [2.45, 2.75) is 33.5 Å². The Balaban J connectivity index is 1.81. The van der Waals surface area contributed by atoms with Crippen molar-refractivity contribution in [1.29, 1.82) is 0 Å². The molecule has 0 saturated heterocycles. The van der Waals surface area contributed by atoms with Crippen LogP contribution in [0.25, 0.3) is 0 Å². The zero-order valence-corrected chi connectivity index (χ0v) is 14.7. The Bertz CT molecular complexity index is 829. The van der Waals surface area contributed by atoms with Crippen LogP contribution >= 0.6 is 11.3 Å². The fraction of sp³-hybridized carbons (Fsp3) is 0.353. The molecule has 2 heterocycles. The molecule has 0 fully saturated rings. The number of esters is 1. The molecule has 3 rings (SSSR count). The lowest BCUT2D eigenvalue weighted by Gasteiger charge is -2.20. The van der Waals surface area contributed by atoms with Gasteiger partial charge in [0.1, 0.15) is 17.2 Å². The van der Waals surface area contributed by atoms with Crippen LogP contribution in [0.3, 0.4) is 0 Å². The van der Waals surface area contributed by atoms with Gasteiger partial charge in [-0.15, -0.1) is 11.3 Å². The van der Waals surface area contributed by atoms with Crippen molar-refractivity contribution in [2.75, 3.05) is 6.79 Å². The van der Waals surface area contributed by atoms with E-state index in [0.29, 0.717) is 21.8 Å². The number of non-ortho nitro benzene ring substituents is 1. The first-order valence-corrected chi connectivity index (χ1v) is 8.58. The van der Waals surface area contributed by atoms with Crippen molar-refractivity contribution in [3.63, 3.8) is 0 Å². The lowest BCUT2D eigenvalue weighted by atomic mass is 10.1. The van der Waals surface area contributed by atoms with E-state index in [1.807, 2.05) is 13.8 Å². The van der Waals surface area contributed by atoms with Gasteiger partial charge < -0.3 is 14.2 Å². The molecule has 0 N–H and O–H groups in total. The number of benzene rings is 1. The van der Waals surface area contributed by atoms with E-state index in [9.17, 15) is 14.9 Å². The van der Waals surface area contributed by atoms with Crippen molar-refractivity contribution in [2.24, 2.45) is 0 Å². The monoisotopic (exact) mass is 363 g/mol. The van der Waals surface area contributed by atoms with E-state index < -0.39 is 10.9 Å². The summed E-state index contributed by atoms with van der Waals surface area (Å²) in [6.07, 6.45) is 0.857. The summed E-state index contributed by atoms with van der Waals surface area (Å²) in [5, 5.41) is 11.1. The zero-order valence-electron chi connectivity index (χ0n) is 13.9. The molecule has 0 bridgehead atoms. The van der Waals surface area contributed by atoms with Crippen molar-refractivity contribution < 1.29 is 23.9 Å². The lowest BCUT2D eigenvalue weighted by Crippen LogP contribution is -2.14. The number of carbonyl (C=O) groups is 1. The van der Waals surface area contributed by atoms with Crippen molar-refractivity contribution in [3.8, 4) is 5.75 Å². The van der Waals surface area contributed by atoms with Gasteiger partial charge in [-0.3, -0.25) is 10.1 Å². The summed E-state index contributed by atoms with van der Waals surface area (Å²) in [5.74, 6) is 0.0429. The summed E-state index contributed by atoms with van der Waals surface area (Å²) in [7, 11) is 0. The van der Waals surface area contributed by atoms with Gasteiger partial charge >= 0.3 is 5.97 Å². The molecule has 1 aliphatic heterocycles. The van der Waals surface area contributed by atoms with Crippen LogP contribution in [0.1, 0.15) is 38.2 Å². The first kappa shape index (κ1) is 17.4. The third-order valence-corrected chi connectivity index (χ3v) is 5.25. The van der Waals surface area contributed by atoms with Gasteiger partial charge in [-0.25, -0.2) is 4.79 Å². The molecule has 0 spiro atoms. The topological polar surface area (TPSA) is 87.9 Å². The number of rotatable bonds is 5. The first-order valence-electron chi connectivity index (χ1n) is 7.76. The van der Waals surface area contributed by atoms with Crippen molar-refractivity contribution in [1.82, 2.24) is 0 Å². The maximum Gasteiger partial charge on any atom is 0.348 e. The Morgan fingerprint density at radius 2 is 2.20 bits per heavy atom. The highest BCUT2D eigenvalue weighted by atomic mass is 32.1. The van der Waals surface area contributed by atoms with Gasteiger partial charge in [-0.05, 0) is 25.0 Å². The molecule has 25 heavy (non-hydrogen) atoms. The predicted molar refractivity (Wildman–Crippen MR) is 90.9 cm³/mol. The number of fused-ring (bicyclic) bond motifs is 1. The van der Waals surface area contributed by atoms with Crippen LogP contribution in [0.2, 0.25) is 0 Å². The van der Waals surface area contributed by atoms with E-state index in [-0.39, 0.29) is 25.7 Å². The Kier molecular flexibility index (Phi) is 5.00. The lowest BCUT2D eigenvalue weighted by molar-refractivity contribution is -0.385. The minimum absolute atomic E-state index is 0.0652. The molecule has 1 aromatic heterocycles. The Hall–Kier alpha value is -2.45. The van der Waals surface area contributed by atoms with Gasteiger partial charge in [0, 0.05) is 28.1 Å². The third kappa shape index (κ3) is 3.64. The largest absolute Gasteiger partial charge is 0.467 e. The SMILES string of the molecule is CCc1sc(C(=O)OCc2cc([N+](=O)[O-])cc3c2OCOC3)cc1C. The molecule has 0 radical (unpaired) electrons. The van der Waals surface area contributed by atoms with Crippen LogP contribution in [-0.2, 0) is 29.1 Å². The zero-order chi connectivity index (χ0) is 18.0. The predicted octanol–water partition coefficient (Wildman–Crippen LogP) is 3.75. The maximum atomic E-state index is 12.3. The summed E-state index contributed by atoms with van der Waals surface area (Å²) in [5.41, 5.74) is 2.02. The molecule has 2 aromatic rings. The summed E-state index contributed by atoms with van der Waals surface area (Å²) in [4.78, 5) is 24.5. The minimum atomic E-state index is -0.490. The molecule has 0 atom stereocenters. The van der Waals surface area contributed by atoms with Crippen molar-refractivity contribution in [3.05, 3.63) is 54.8 Å². The number of nitro benzene ring substituents is 1. The molecule has 132 valence electrons. The van der Waals surface area contributed by atoms with Gasteiger partial charge in [-0.1, -0.05) is 6.92 Å². The second-order valence-corrected chi connectivity index (χ2v) is 6.74. The normalized spacial score (nSPS) is 13.0. The summed E-state index contributed by atoms with van der Waals surface area (Å²) >= 11 is 1.41. The molecule has 0 amide bonds. The van der Waals surface area contributed by atoms with Gasteiger partial charge in [0.05, 0.1) is 11.5 Å². The number of hydrogen-bond donors (Lipinski definition) is 0. The van der Waals surface area contributed by atoms with Gasteiger partial charge in [-0.2, -0.15) is 0 Å². The second-order valence-electron chi connectivity index (χ2n) is 5.61. The molecule has 1 aromatic carbocycles. The van der Waals surface area contributed by atoms with Gasteiger partial charge in [0.2, 0.25) is 0 Å². The number of nitrogens with zero attached hydrogens (tertiary/aromatic N) is 1. The third-order valence-electron chi connectivity index (χ3n) is 3.88. The van der Waals surface area contributed by atoms with Crippen LogP contribution in [-0.4, -0.2) is 17.7 Å². The number of nitro groups is 1. The van der Waals surface area contributed by atoms with Crippen LogP contribution in [0.4, 0.5) is 5.69 Å². The van der Waals surface area contributed by atoms with E-state index in [1.54, 1.807) is 6.07 Å². The van der Waals surface area contributed by atoms with Crippen LogP contribution in [0.5, 0.6) is 5.75 Å². The molecular formula is C17H17NO6S. The highest BCUT2D eigenvalue weighted by Gasteiger charge is 2.22. The number of carbonyl (C=O) groups excluding carboxylic acids is 1. The minimum Gasteiger partial charge on any atom is -0.467 e.